The van der Waals surface area contributed by atoms with Crippen LogP contribution in [0.2, 0.25) is 0 Å². The molecule has 0 saturated heterocycles. The van der Waals surface area contributed by atoms with E-state index in [9.17, 15) is 4.79 Å². The minimum Gasteiger partial charge on any atom is -0.348 e. The van der Waals surface area contributed by atoms with E-state index in [0.717, 1.165) is 11.3 Å². The third kappa shape index (κ3) is 4.08. The van der Waals surface area contributed by atoms with Gasteiger partial charge in [-0.25, -0.2) is 4.98 Å². The summed E-state index contributed by atoms with van der Waals surface area (Å²) < 4.78 is 1.94. The Morgan fingerprint density at radius 3 is 2.90 bits per heavy atom. The number of halogens is 1. The van der Waals surface area contributed by atoms with Crippen LogP contribution in [-0.4, -0.2) is 29.1 Å². The van der Waals surface area contributed by atoms with E-state index in [1.54, 1.807) is 19.6 Å². The zero-order valence-electron chi connectivity index (χ0n) is 11.5. The molecule has 1 aromatic carbocycles. The molecule has 1 amide bonds. The normalized spacial score (nSPS) is 11.5. The molecule has 0 aliphatic heterocycles. The van der Waals surface area contributed by atoms with Gasteiger partial charge in [0.15, 0.2) is 0 Å². The SMILES string of the molecule is CNCC(=O)NC(C)c1cccc(-n2ccnc2)c1.Cl. The highest BCUT2D eigenvalue weighted by Gasteiger charge is 2.09. The fourth-order valence-corrected chi connectivity index (χ4v) is 1.90. The first-order valence-electron chi connectivity index (χ1n) is 6.23. The highest BCUT2D eigenvalue weighted by Crippen LogP contribution is 2.16. The van der Waals surface area contributed by atoms with Gasteiger partial charge in [-0.3, -0.25) is 4.79 Å². The van der Waals surface area contributed by atoms with Crippen molar-refractivity contribution in [2.24, 2.45) is 0 Å². The lowest BCUT2D eigenvalue weighted by atomic mass is 10.1. The molecule has 0 bridgehead atoms. The Kier molecular flexibility index (Phi) is 6.21. The van der Waals surface area contributed by atoms with Crippen LogP contribution >= 0.6 is 12.4 Å². The number of nitrogens with zero attached hydrogens (tertiary/aromatic N) is 2. The maximum absolute atomic E-state index is 11.6. The van der Waals surface area contributed by atoms with Crippen molar-refractivity contribution in [3.8, 4) is 5.69 Å². The van der Waals surface area contributed by atoms with Gasteiger partial charge in [0, 0.05) is 18.1 Å². The number of carbonyl (C=O) groups excluding carboxylic acids is 1. The van der Waals surface area contributed by atoms with E-state index in [2.05, 4.69) is 15.6 Å². The highest BCUT2D eigenvalue weighted by molar-refractivity contribution is 5.85. The molecule has 1 unspecified atom stereocenters. The van der Waals surface area contributed by atoms with E-state index < -0.39 is 0 Å². The lowest BCUT2D eigenvalue weighted by Crippen LogP contribution is -2.33. The molecular weight excluding hydrogens is 276 g/mol. The Morgan fingerprint density at radius 1 is 1.45 bits per heavy atom. The second-order valence-electron chi connectivity index (χ2n) is 4.38. The maximum Gasteiger partial charge on any atom is 0.234 e. The van der Waals surface area contributed by atoms with Gasteiger partial charge in [-0.1, -0.05) is 12.1 Å². The van der Waals surface area contributed by atoms with Crippen LogP contribution in [0.25, 0.3) is 5.69 Å². The van der Waals surface area contributed by atoms with Gasteiger partial charge in [-0.2, -0.15) is 0 Å². The van der Waals surface area contributed by atoms with Crippen molar-refractivity contribution in [1.82, 2.24) is 20.2 Å². The summed E-state index contributed by atoms with van der Waals surface area (Å²) in [5.41, 5.74) is 2.10. The van der Waals surface area contributed by atoms with Crippen molar-refractivity contribution in [3.05, 3.63) is 48.5 Å². The fourth-order valence-electron chi connectivity index (χ4n) is 1.90. The van der Waals surface area contributed by atoms with Crippen molar-refractivity contribution < 1.29 is 4.79 Å². The molecule has 0 fully saturated rings. The molecule has 0 aliphatic carbocycles. The van der Waals surface area contributed by atoms with Crippen molar-refractivity contribution in [3.63, 3.8) is 0 Å². The molecule has 0 spiro atoms. The average Bonchev–Trinajstić information content (AvgIpc) is 2.93. The molecule has 0 aliphatic rings. The smallest absolute Gasteiger partial charge is 0.234 e. The molecule has 1 aromatic heterocycles. The predicted molar refractivity (Wildman–Crippen MR) is 81.3 cm³/mol. The minimum atomic E-state index is -0.0238. The van der Waals surface area contributed by atoms with Crippen LogP contribution in [-0.2, 0) is 4.79 Å². The Morgan fingerprint density at radius 2 is 2.25 bits per heavy atom. The van der Waals surface area contributed by atoms with Gasteiger partial charge in [-0.05, 0) is 31.7 Å². The van der Waals surface area contributed by atoms with Gasteiger partial charge in [0.2, 0.25) is 5.91 Å². The summed E-state index contributed by atoms with van der Waals surface area (Å²) >= 11 is 0. The molecule has 6 heteroatoms. The van der Waals surface area contributed by atoms with Crippen molar-refractivity contribution in [2.75, 3.05) is 13.6 Å². The number of likely N-dealkylation sites (N-methyl/N-ethyl adjacent to an activating group) is 1. The van der Waals surface area contributed by atoms with E-state index in [-0.39, 0.29) is 24.4 Å². The van der Waals surface area contributed by atoms with E-state index in [4.69, 9.17) is 0 Å². The van der Waals surface area contributed by atoms with Crippen LogP contribution in [0.3, 0.4) is 0 Å². The van der Waals surface area contributed by atoms with Crippen LogP contribution in [0.15, 0.2) is 43.0 Å². The molecule has 2 aromatic rings. The largest absolute Gasteiger partial charge is 0.348 e. The maximum atomic E-state index is 11.6. The summed E-state index contributed by atoms with van der Waals surface area (Å²) in [6, 6.07) is 8.01. The fraction of sp³-hybridized carbons (Fsp3) is 0.286. The lowest BCUT2D eigenvalue weighted by Gasteiger charge is -2.15. The predicted octanol–water partition coefficient (Wildman–Crippen LogP) is 1.69. The molecule has 0 saturated carbocycles. The molecule has 108 valence electrons. The van der Waals surface area contributed by atoms with Gasteiger partial charge in [-0.15, -0.1) is 12.4 Å². The number of benzene rings is 1. The van der Waals surface area contributed by atoms with Crippen LogP contribution in [0.4, 0.5) is 0 Å². The molecule has 1 atom stereocenters. The van der Waals surface area contributed by atoms with Crippen LogP contribution < -0.4 is 10.6 Å². The second kappa shape index (κ2) is 7.67. The number of hydrogen-bond acceptors (Lipinski definition) is 3. The molecular formula is C14H19ClN4O. The van der Waals surface area contributed by atoms with E-state index in [1.165, 1.54) is 0 Å². The number of rotatable bonds is 5. The first kappa shape index (κ1) is 16.2. The van der Waals surface area contributed by atoms with Gasteiger partial charge < -0.3 is 15.2 Å². The molecule has 2 rings (SSSR count). The average molecular weight is 295 g/mol. The third-order valence-electron chi connectivity index (χ3n) is 2.89. The zero-order chi connectivity index (χ0) is 13.7. The summed E-state index contributed by atoms with van der Waals surface area (Å²) in [5.74, 6) is -0.0111. The molecule has 5 nitrogen and oxygen atoms in total. The lowest BCUT2D eigenvalue weighted by molar-refractivity contribution is -0.120. The molecule has 1 heterocycles. The van der Waals surface area contributed by atoms with Gasteiger partial charge in [0.1, 0.15) is 0 Å². The topological polar surface area (TPSA) is 59.0 Å². The number of aromatic nitrogens is 2. The number of amides is 1. The second-order valence-corrected chi connectivity index (χ2v) is 4.38. The summed E-state index contributed by atoms with van der Waals surface area (Å²) in [5, 5.41) is 5.78. The molecule has 20 heavy (non-hydrogen) atoms. The minimum absolute atomic E-state index is 0. The number of carbonyl (C=O) groups is 1. The van der Waals surface area contributed by atoms with Crippen molar-refractivity contribution in [1.29, 1.82) is 0 Å². The van der Waals surface area contributed by atoms with E-state index in [1.807, 2.05) is 42.0 Å². The zero-order valence-corrected chi connectivity index (χ0v) is 12.4. The van der Waals surface area contributed by atoms with Gasteiger partial charge >= 0.3 is 0 Å². The number of imidazole rings is 1. The first-order valence-corrected chi connectivity index (χ1v) is 6.23. The Labute approximate surface area is 124 Å². The third-order valence-corrected chi connectivity index (χ3v) is 2.89. The van der Waals surface area contributed by atoms with Crippen molar-refractivity contribution in [2.45, 2.75) is 13.0 Å². The number of nitrogens with one attached hydrogen (secondary N) is 2. The van der Waals surface area contributed by atoms with Gasteiger partial charge in [0.25, 0.3) is 0 Å². The summed E-state index contributed by atoms with van der Waals surface area (Å²) in [4.78, 5) is 15.6. The van der Waals surface area contributed by atoms with Crippen LogP contribution in [0.1, 0.15) is 18.5 Å². The Bertz CT molecular complexity index is 542. The Balaban J connectivity index is 0.00000200. The quantitative estimate of drug-likeness (QED) is 0.882. The van der Waals surface area contributed by atoms with E-state index >= 15 is 0 Å². The Hall–Kier alpha value is -1.85. The highest BCUT2D eigenvalue weighted by atomic mass is 35.5. The van der Waals surface area contributed by atoms with Crippen LogP contribution in [0.5, 0.6) is 0 Å². The van der Waals surface area contributed by atoms with Crippen LogP contribution in [0, 0.1) is 0 Å². The molecule has 2 N–H and O–H groups in total. The summed E-state index contributed by atoms with van der Waals surface area (Å²) in [6.07, 6.45) is 5.39. The number of hydrogen-bond donors (Lipinski definition) is 2. The first-order chi connectivity index (χ1) is 9.20. The standard InChI is InChI=1S/C14H18N4O.ClH/c1-11(17-14(19)9-15-2)12-4-3-5-13(8-12)18-7-6-16-10-18;/h3-8,10-11,15H,9H2,1-2H3,(H,17,19);1H. The van der Waals surface area contributed by atoms with E-state index in [0.29, 0.717) is 6.54 Å². The monoisotopic (exact) mass is 294 g/mol. The molecule has 0 radical (unpaired) electrons. The summed E-state index contributed by atoms with van der Waals surface area (Å²) in [6.45, 7) is 2.30. The van der Waals surface area contributed by atoms with Gasteiger partial charge in [0.05, 0.1) is 18.9 Å². The van der Waals surface area contributed by atoms with Crippen molar-refractivity contribution >= 4 is 18.3 Å². The summed E-state index contributed by atoms with van der Waals surface area (Å²) in [7, 11) is 1.75.